The molecule has 2 aliphatic rings. The maximum absolute atomic E-state index is 3.60. The van der Waals surface area contributed by atoms with E-state index in [0.29, 0.717) is 0 Å². The van der Waals surface area contributed by atoms with Gasteiger partial charge < -0.3 is 12.4 Å². The molecule has 3 heteroatoms. The number of fused-ring (bicyclic) bond motifs is 4. The third kappa shape index (κ3) is 8.22. The molecule has 195 valence electrons. The average molecular weight is 598 g/mol. The summed E-state index contributed by atoms with van der Waals surface area (Å²) < 4.78 is 2.17. The summed E-state index contributed by atoms with van der Waals surface area (Å²) in [6.07, 6.45) is 14.1. The fraction of sp³-hybridized carbons (Fsp3) is 0.265. The van der Waals surface area contributed by atoms with Gasteiger partial charge in [0.1, 0.15) is 18.8 Å². The van der Waals surface area contributed by atoms with Gasteiger partial charge in [-0.15, -0.1) is 28.5 Å². The first-order valence-electron chi connectivity index (χ1n) is 12.6. The summed E-state index contributed by atoms with van der Waals surface area (Å²) in [7, 11) is 2.09. The smallest absolute Gasteiger partial charge is 0.142 e. The van der Waals surface area contributed by atoms with Gasteiger partial charge >= 0.3 is 0 Å². The minimum absolute atomic E-state index is 0. The van der Waals surface area contributed by atoms with Gasteiger partial charge in [0.2, 0.25) is 0 Å². The molecule has 0 saturated heterocycles. The molecule has 0 N–H and O–H groups in total. The summed E-state index contributed by atoms with van der Waals surface area (Å²) in [6, 6.07) is 29.6. The van der Waals surface area contributed by atoms with E-state index in [0.717, 1.165) is 11.8 Å². The molecule has 1 radical (unpaired) electrons. The summed E-state index contributed by atoms with van der Waals surface area (Å²) >= 11 is 0. The van der Waals surface area contributed by atoms with E-state index < -0.39 is 0 Å². The van der Waals surface area contributed by atoms with E-state index >= 15 is 0 Å². The molecule has 0 unspecified atom stereocenters. The van der Waals surface area contributed by atoms with Crippen LogP contribution in [0.2, 0.25) is 0 Å². The first kappa shape index (κ1) is 30.7. The Morgan fingerprint density at radius 3 is 1.49 bits per heavy atom. The zero-order valence-corrected chi connectivity index (χ0v) is 24.8. The van der Waals surface area contributed by atoms with Crippen molar-refractivity contribution in [3.63, 3.8) is 0 Å². The standard InChI is InChI=1S/C20H21N.2C7H8.ClH.Rh/c1-20(2,3)21(4)14-19-17-11-7-5-9-15(17)13-16-10-6-8-12-18(16)19;1-2-7-4-3-6(1)5-7;1-7-5-3-2-4-6-7;;/h5-13H,1-4H3;1-4,6-7H,5H2;2-6H,1H3;1H;/p-1. The molecule has 37 heavy (non-hydrogen) atoms. The molecule has 0 aromatic heterocycles. The number of benzene rings is 4. The predicted octanol–water partition coefficient (Wildman–Crippen LogP) is 5.47. The van der Waals surface area contributed by atoms with Gasteiger partial charge in [-0.2, -0.15) is 0 Å². The molecule has 0 saturated carbocycles. The quantitative estimate of drug-likeness (QED) is 0.0683. The zero-order chi connectivity index (χ0) is 24.8. The van der Waals surface area contributed by atoms with E-state index in [9.17, 15) is 0 Å². The van der Waals surface area contributed by atoms with Gasteiger partial charge in [-0.25, -0.2) is 0 Å². The molecule has 6 rings (SSSR count). The minimum atomic E-state index is 0. The van der Waals surface area contributed by atoms with Crippen molar-refractivity contribution in [3.8, 4) is 0 Å². The molecule has 2 aliphatic carbocycles. The van der Waals surface area contributed by atoms with Gasteiger partial charge in [-0.05, 0) is 46.0 Å². The Labute approximate surface area is 242 Å². The van der Waals surface area contributed by atoms with Crippen molar-refractivity contribution in [1.82, 2.24) is 0 Å². The van der Waals surface area contributed by atoms with Crippen molar-refractivity contribution in [3.05, 3.63) is 120 Å². The van der Waals surface area contributed by atoms with E-state index in [1.807, 2.05) is 18.2 Å². The van der Waals surface area contributed by atoms with Gasteiger partial charge in [0, 0.05) is 19.5 Å². The van der Waals surface area contributed by atoms with Gasteiger partial charge in [0.15, 0.2) is 0 Å². The van der Waals surface area contributed by atoms with Crippen LogP contribution in [0.5, 0.6) is 0 Å². The van der Waals surface area contributed by atoms with Gasteiger partial charge in [-0.1, -0.05) is 113 Å². The van der Waals surface area contributed by atoms with Crippen LogP contribution < -0.4 is 12.4 Å². The van der Waals surface area contributed by atoms with Crippen LogP contribution in [0.3, 0.4) is 0 Å². The third-order valence-electron chi connectivity index (χ3n) is 6.75. The number of halogens is 1. The van der Waals surface area contributed by atoms with E-state index in [1.54, 1.807) is 0 Å². The molecular formula is C34H37ClNRh-. The van der Waals surface area contributed by atoms with Crippen molar-refractivity contribution >= 4 is 27.8 Å². The van der Waals surface area contributed by atoms with Crippen LogP contribution in [0.1, 0.15) is 38.3 Å². The fourth-order valence-corrected chi connectivity index (χ4v) is 4.33. The molecule has 1 nitrogen and oxygen atoms in total. The molecule has 0 atom stereocenters. The van der Waals surface area contributed by atoms with Crippen LogP contribution in [0.15, 0.2) is 109 Å². The first-order chi connectivity index (χ1) is 16.8. The average Bonchev–Trinajstić information content (AvgIpc) is 3.51. The Bertz CT molecular complexity index is 1300. The largest absolute Gasteiger partial charge is 1.00 e. The number of hydrogen-bond donors (Lipinski definition) is 0. The Morgan fingerprint density at radius 1 is 0.703 bits per heavy atom. The van der Waals surface area contributed by atoms with Crippen LogP contribution in [-0.4, -0.2) is 23.4 Å². The van der Waals surface area contributed by atoms with Gasteiger partial charge in [0.05, 0.1) is 0 Å². The minimum Gasteiger partial charge on any atom is -1.00 e. The molecule has 4 aromatic carbocycles. The van der Waals surface area contributed by atoms with E-state index in [-0.39, 0.29) is 37.4 Å². The molecule has 0 heterocycles. The van der Waals surface area contributed by atoms with Crippen molar-refractivity contribution in [2.75, 3.05) is 7.05 Å². The second-order valence-electron chi connectivity index (χ2n) is 10.5. The fourth-order valence-electron chi connectivity index (χ4n) is 4.33. The van der Waals surface area contributed by atoms with E-state index in [4.69, 9.17) is 0 Å². The Hall–Kier alpha value is -2.54. The molecule has 0 spiro atoms. The Morgan fingerprint density at radius 2 is 1.14 bits per heavy atom. The maximum atomic E-state index is 3.60. The van der Waals surface area contributed by atoms with Gasteiger partial charge in [-0.3, -0.25) is 4.58 Å². The molecule has 0 amide bonds. The third-order valence-corrected chi connectivity index (χ3v) is 6.75. The van der Waals surface area contributed by atoms with Crippen LogP contribution in [-0.2, 0) is 19.5 Å². The number of allylic oxidation sites excluding steroid dienone is 4. The van der Waals surface area contributed by atoms with Crippen molar-refractivity contribution in [2.45, 2.75) is 39.7 Å². The van der Waals surface area contributed by atoms with Crippen molar-refractivity contribution in [2.24, 2.45) is 11.8 Å². The number of rotatable bonds is 1. The number of hydrogen-bond acceptors (Lipinski definition) is 0. The normalized spacial score (nSPS) is 17.3. The van der Waals surface area contributed by atoms with Crippen LogP contribution in [0.4, 0.5) is 0 Å². The molecule has 2 bridgehead atoms. The maximum Gasteiger partial charge on any atom is 0.142 e. The Balaban J connectivity index is 0.000000245. The monoisotopic (exact) mass is 597 g/mol. The predicted molar refractivity (Wildman–Crippen MR) is 153 cm³/mol. The summed E-state index contributed by atoms with van der Waals surface area (Å²) in [5, 5.41) is 5.04. The SMILES string of the molecule is C1=CC2C=CC1C2.C[N+](=[C-]c1c2ccccc2cc2ccccc12)C(C)(C)C.Cc1ccccc1.[Cl-].[Rh]. The van der Waals surface area contributed by atoms with Gasteiger partial charge in [0.25, 0.3) is 0 Å². The summed E-state index contributed by atoms with van der Waals surface area (Å²) in [5.41, 5.74) is 2.56. The summed E-state index contributed by atoms with van der Waals surface area (Å²) in [5.74, 6) is 1.62. The van der Waals surface area contributed by atoms with Crippen LogP contribution >= 0.6 is 0 Å². The van der Waals surface area contributed by atoms with Crippen LogP contribution in [0, 0.1) is 18.8 Å². The molecule has 0 fully saturated rings. The van der Waals surface area contributed by atoms with Crippen molar-refractivity contribution < 1.29 is 36.5 Å². The second-order valence-corrected chi connectivity index (χ2v) is 10.5. The topological polar surface area (TPSA) is 3.01 Å². The van der Waals surface area contributed by atoms with Crippen LogP contribution in [0.25, 0.3) is 21.5 Å². The van der Waals surface area contributed by atoms with E-state index in [1.165, 1.54) is 39.1 Å². The van der Waals surface area contributed by atoms with Crippen molar-refractivity contribution in [1.29, 1.82) is 0 Å². The first-order valence-corrected chi connectivity index (χ1v) is 12.6. The zero-order valence-electron chi connectivity index (χ0n) is 22.4. The molecule has 0 aliphatic heterocycles. The second kappa shape index (κ2) is 13.8. The van der Waals surface area contributed by atoms with E-state index in [2.05, 4.69) is 137 Å². The Kier molecular flexibility index (Phi) is 11.5. The molecule has 4 aromatic rings. The molecular weight excluding hydrogens is 561 g/mol. The number of aryl methyl sites for hydroxylation is 1. The summed E-state index contributed by atoms with van der Waals surface area (Å²) in [6.45, 7) is 8.69. The number of nitrogens with zero attached hydrogens (tertiary/aromatic N) is 1. The summed E-state index contributed by atoms with van der Waals surface area (Å²) in [4.78, 5) is 0.